The molecule has 0 saturated carbocycles. The number of nitrogens with zero attached hydrogens (tertiary/aromatic N) is 1. The predicted octanol–water partition coefficient (Wildman–Crippen LogP) is 1.88. The lowest BCUT2D eigenvalue weighted by atomic mass is 10.2. The van der Waals surface area contributed by atoms with Crippen molar-refractivity contribution < 1.29 is 9.47 Å². The largest absolute Gasteiger partial charge is 0.379 e. The van der Waals surface area contributed by atoms with Gasteiger partial charge in [-0.25, -0.2) is 0 Å². The van der Waals surface area contributed by atoms with Crippen LogP contribution in [0, 0.1) is 0 Å². The quantitative estimate of drug-likeness (QED) is 0.529. The van der Waals surface area contributed by atoms with Gasteiger partial charge in [-0.05, 0) is 40.4 Å². The zero-order valence-electron chi connectivity index (χ0n) is 14.1. The third-order valence-electron chi connectivity index (χ3n) is 3.37. The zero-order chi connectivity index (χ0) is 15.7. The minimum atomic E-state index is 0.156. The van der Waals surface area contributed by atoms with Crippen LogP contribution in [0.4, 0.5) is 0 Å². The van der Waals surface area contributed by atoms with Gasteiger partial charge in [0.2, 0.25) is 0 Å². The topological polar surface area (TPSA) is 54.9 Å². The molecule has 1 rings (SSSR count). The Kier molecular flexibility index (Phi) is 8.44. The van der Waals surface area contributed by atoms with Crippen LogP contribution in [0.25, 0.3) is 0 Å². The minimum absolute atomic E-state index is 0.156. The number of guanidine groups is 1. The summed E-state index contributed by atoms with van der Waals surface area (Å²) in [5, 5.41) is 6.69. The summed E-state index contributed by atoms with van der Waals surface area (Å²) in [6.45, 7) is 12.5. The highest BCUT2D eigenvalue weighted by atomic mass is 32.2. The summed E-state index contributed by atoms with van der Waals surface area (Å²) in [6, 6.07) is 0.223. The lowest BCUT2D eigenvalue weighted by molar-refractivity contribution is 0.0347. The highest BCUT2D eigenvalue weighted by Crippen LogP contribution is 2.20. The van der Waals surface area contributed by atoms with Gasteiger partial charge >= 0.3 is 0 Å². The van der Waals surface area contributed by atoms with E-state index in [0.717, 1.165) is 38.7 Å². The third-order valence-corrected chi connectivity index (χ3v) is 4.60. The monoisotopic (exact) mass is 317 g/mol. The molecule has 0 amide bonds. The summed E-state index contributed by atoms with van der Waals surface area (Å²) >= 11 is 1.83. The molecule has 1 aliphatic heterocycles. The van der Waals surface area contributed by atoms with E-state index in [2.05, 4.69) is 49.6 Å². The number of aliphatic imine (C=N–C) groups is 1. The SMILES string of the molecule is CCNC(=NCC(C)(C)SC)NC(C)COC1CCOC1. The molecule has 2 unspecified atom stereocenters. The summed E-state index contributed by atoms with van der Waals surface area (Å²) in [5.41, 5.74) is 0. The van der Waals surface area contributed by atoms with Crippen LogP contribution in [0.3, 0.4) is 0 Å². The number of rotatable bonds is 8. The smallest absolute Gasteiger partial charge is 0.191 e. The van der Waals surface area contributed by atoms with Crippen molar-refractivity contribution in [2.24, 2.45) is 4.99 Å². The van der Waals surface area contributed by atoms with Gasteiger partial charge in [0.05, 0.1) is 25.9 Å². The van der Waals surface area contributed by atoms with Gasteiger partial charge in [0.15, 0.2) is 5.96 Å². The zero-order valence-corrected chi connectivity index (χ0v) is 14.9. The lowest BCUT2D eigenvalue weighted by Gasteiger charge is -2.22. The fourth-order valence-corrected chi connectivity index (χ4v) is 2.05. The van der Waals surface area contributed by atoms with Crippen LogP contribution in [-0.2, 0) is 9.47 Å². The van der Waals surface area contributed by atoms with E-state index in [4.69, 9.17) is 9.47 Å². The summed E-state index contributed by atoms with van der Waals surface area (Å²) in [5.74, 6) is 0.860. The van der Waals surface area contributed by atoms with Crippen LogP contribution in [0.5, 0.6) is 0 Å². The van der Waals surface area contributed by atoms with Gasteiger partial charge in [0.1, 0.15) is 0 Å². The standard InChI is InChI=1S/C15H31N3O2S/c1-6-16-14(17-11-15(3,4)21-5)18-12(2)9-20-13-7-8-19-10-13/h12-13H,6-11H2,1-5H3,(H2,16,17,18). The summed E-state index contributed by atoms with van der Waals surface area (Å²) in [4.78, 5) is 4.67. The van der Waals surface area contributed by atoms with Crippen LogP contribution in [0.1, 0.15) is 34.1 Å². The van der Waals surface area contributed by atoms with E-state index in [1.54, 1.807) is 0 Å². The molecule has 1 saturated heterocycles. The first-order valence-electron chi connectivity index (χ1n) is 7.76. The van der Waals surface area contributed by atoms with E-state index in [1.807, 2.05) is 11.8 Å². The van der Waals surface area contributed by atoms with Crippen molar-refractivity contribution in [2.75, 3.05) is 39.2 Å². The van der Waals surface area contributed by atoms with Gasteiger partial charge in [0.25, 0.3) is 0 Å². The Morgan fingerprint density at radius 2 is 2.29 bits per heavy atom. The molecule has 2 N–H and O–H groups in total. The predicted molar refractivity (Wildman–Crippen MR) is 91.3 cm³/mol. The number of hydrogen-bond acceptors (Lipinski definition) is 4. The molecule has 124 valence electrons. The van der Waals surface area contributed by atoms with Crippen LogP contribution < -0.4 is 10.6 Å². The maximum absolute atomic E-state index is 5.84. The molecule has 0 aromatic carbocycles. The molecule has 0 bridgehead atoms. The number of ether oxygens (including phenoxy) is 2. The first-order chi connectivity index (χ1) is 9.96. The Morgan fingerprint density at radius 1 is 1.52 bits per heavy atom. The average molecular weight is 317 g/mol. The van der Waals surface area contributed by atoms with Gasteiger partial charge in [-0.2, -0.15) is 11.8 Å². The molecular formula is C15H31N3O2S. The van der Waals surface area contributed by atoms with Crippen molar-refractivity contribution >= 4 is 17.7 Å². The average Bonchev–Trinajstić information content (AvgIpc) is 2.96. The van der Waals surface area contributed by atoms with E-state index in [9.17, 15) is 0 Å². The van der Waals surface area contributed by atoms with Crippen molar-refractivity contribution in [1.29, 1.82) is 0 Å². The second-order valence-corrected chi connectivity index (χ2v) is 7.54. The third kappa shape index (κ3) is 7.93. The van der Waals surface area contributed by atoms with Gasteiger partial charge < -0.3 is 20.1 Å². The van der Waals surface area contributed by atoms with E-state index < -0.39 is 0 Å². The van der Waals surface area contributed by atoms with Gasteiger partial charge in [0, 0.05) is 23.9 Å². The van der Waals surface area contributed by atoms with Crippen molar-refractivity contribution in [3.05, 3.63) is 0 Å². The molecule has 5 nitrogen and oxygen atoms in total. The van der Waals surface area contributed by atoms with Crippen molar-refractivity contribution in [3.8, 4) is 0 Å². The molecule has 1 aliphatic rings. The van der Waals surface area contributed by atoms with Crippen LogP contribution in [0.2, 0.25) is 0 Å². The van der Waals surface area contributed by atoms with Crippen molar-refractivity contribution in [1.82, 2.24) is 10.6 Å². The van der Waals surface area contributed by atoms with Crippen LogP contribution in [-0.4, -0.2) is 62.0 Å². The summed E-state index contributed by atoms with van der Waals surface area (Å²) < 4.78 is 11.3. The minimum Gasteiger partial charge on any atom is -0.379 e. The molecule has 21 heavy (non-hydrogen) atoms. The fraction of sp³-hybridized carbons (Fsp3) is 0.933. The molecule has 1 heterocycles. The maximum Gasteiger partial charge on any atom is 0.191 e. The van der Waals surface area contributed by atoms with E-state index in [-0.39, 0.29) is 16.9 Å². The Morgan fingerprint density at radius 3 is 2.86 bits per heavy atom. The van der Waals surface area contributed by atoms with Gasteiger partial charge in [-0.3, -0.25) is 4.99 Å². The number of hydrogen-bond donors (Lipinski definition) is 2. The molecule has 0 radical (unpaired) electrons. The molecule has 0 aromatic heterocycles. The summed E-state index contributed by atoms with van der Waals surface area (Å²) in [6.07, 6.45) is 3.38. The van der Waals surface area contributed by atoms with Crippen molar-refractivity contribution in [2.45, 2.75) is 51.0 Å². The molecule has 1 fully saturated rings. The molecule has 6 heteroatoms. The molecular weight excluding hydrogens is 286 g/mol. The lowest BCUT2D eigenvalue weighted by Crippen LogP contribution is -2.45. The Balaban J connectivity index is 2.38. The first kappa shape index (κ1) is 18.6. The van der Waals surface area contributed by atoms with E-state index in [1.165, 1.54) is 0 Å². The second kappa shape index (κ2) is 9.54. The first-order valence-corrected chi connectivity index (χ1v) is 8.98. The Bertz CT molecular complexity index is 318. The maximum atomic E-state index is 5.84. The highest BCUT2D eigenvalue weighted by molar-refractivity contribution is 7.99. The Hall–Kier alpha value is -0.460. The summed E-state index contributed by atoms with van der Waals surface area (Å²) in [7, 11) is 0. The van der Waals surface area contributed by atoms with E-state index in [0.29, 0.717) is 6.61 Å². The van der Waals surface area contributed by atoms with Crippen LogP contribution >= 0.6 is 11.8 Å². The van der Waals surface area contributed by atoms with Crippen LogP contribution in [0.15, 0.2) is 4.99 Å². The van der Waals surface area contributed by atoms with E-state index >= 15 is 0 Å². The Labute approximate surface area is 133 Å². The molecule has 0 spiro atoms. The van der Waals surface area contributed by atoms with Crippen molar-refractivity contribution in [3.63, 3.8) is 0 Å². The normalized spacial score (nSPS) is 21.4. The van der Waals surface area contributed by atoms with Gasteiger partial charge in [-0.1, -0.05) is 0 Å². The fourth-order valence-electron chi connectivity index (χ4n) is 1.85. The molecule has 0 aliphatic carbocycles. The van der Waals surface area contributed by atoms with Gasteiger partial charge in [-0.15, -0.1) is 0 Å². The second-order valence-electron chi connectivity index (χ2n) is 6.02. The number of thioether (sulfide) groups is 1. The molecule has 2 atom stereocenters. The highest BCUT2D eigenvalue weighted by Gasteiger charge is 2.18. The number of nitrogens with one attached hydrogen (secondary N) is 2. The molecule has 0 aromatic rings.